The van der Waals surface area contributed by atoms with Crippen LogP contribution in [0.25, 0.3) is 0 Å². The van der Waals surface area contributed by atoms with Crippen molar-refractivity contribution in [3.05, 3.63) is 65.2 Å². The lowest BCUT2D eigenvalue weighted by Crippen LogP contribution is -2.33. The second-order valence-electron chi connectivity index (χ2n) is 6.68. The molecule has 2 aromatic carbocycles. The van der Waals surface area contributed by atoms with Crippen molar-refractivity contribution in [3.63, 3.8) is 0 Å². The van der Waals surface area contributed by atoms with E-state index >= 15 is 0 Å². The van der Waals surface area contributed by atoms with Gasteiger partial charge >= 0.3 is 0 Å². The van der Waals surface area contributed by atoms with Gasteiger partial charge in [-0.1, -0.05) is 42.0 Å². The number of nitrogens with one attached hydrogen (secondary N) is 1. The minimum Gasteiger partial charge on any atom is -0.326 e. The van der Waals surface area contributed by atoms with Gasteiger partial charge < -0.3 is 10.2 Å². The second-order valence-corrected chi connectivity index (χ2v) is 8.11. The van der Waals surface area contributed by atoms with Crippen LogP contribution in [0.2, 0.25) is 0 Å². The molecule has 26 heavy (non-hydrogen) atoms. The summed E-state index contributed by atoms with van der Waals surface area (Å²) in [6, 6.07) is 15.8. The van der Waals surface area contributed by atoms with Gasteiger partial charge in [0.1, 0.15) is 5.37 Å². The van der Waals surface area contributed by atoms with Gasteiger partial charge in [0.25, 0.3) is 0 Å². The minimum atomic E-state index is -0.0836. The van der Waals surface area contributed by atoms with Gasteiger partial charge in [-0.3, -0.25) is 9.59 Å². The maximum absolute atomic E-state index is 12.6. The first kappa shape index (κ1) is 18.5. The maximum atomic E-state index is 12.6. The average Bonchev–Trinajstić information content (AvgIpc) is 2.90. The number of benzene rings is 2. The van der Waals surface area contributed by atoms with Crippen molar-refractivity contribution in [2.45, 2.75) is 37.8 Å². The Bertz CT molecular complexity index is 804. The molecule has 2 amide bonds. The number of rotatable bonds is 5. The number of hydrogen-bond acceptors (Lipinski definition) is 3. The molecule has 4 nitrogen and oxygen atoms in total. The summed E-state index contributed by atoms with van der Waals surface area (Å²) < 4.78 is 0. The van der Waals surface area contributed by atoms with Crippen LogP contribution in [-0.2, 0) is 9.59 Å². The number of anilines is 1. The van der Waals surface area contributed by atoms with Gasteiger partial charge in [0.2, 0.25) is 11.8 Å². The fraction of sp³-hybridized carbons (Fsp3) is 0.333. The third-order valence-corrected chi connectivity index (χ3v) is 5.99. The zero-order chi connectivity index (χ0) is 18.7. The van der Waals surface area contributed by atoms with Crippen LogP contribution in [0, 0.1) is 13.8 Å². The van der Waals surface area contributed by atoms with E-state index in [0.29, 0.717) is 6.54 Å². The van der Waals surface area contributed by atoms with E-state index in [0.717, 1.165) is 16.8 Å². The Labute approximate surface area is 159 Å². The molecule has 3 rings (SSSR count). The van der Waals surface area contributed by atoms with E-state index in [9.17, 15) is 9.59 Å². The number of carbonyl (C=O) groups is 2. The molecule has 0 aromatic heterocycles. The molecular weight excluding hydrogens is 344 g/mol. The van der Waals surface area contributed by atoms with E-state index < -0.39 is 0 Å². The van der Waals surface area contributed by atoms with Crippen LogP contribution in [0.5, 0.6) is 0 Å². The van der Waals surface area contributed by atoms with E-state index in [-0.39, 0.29) is 28.9 Å². The van der Waals surface area contributed by atoms with E-state index in [1.807, 2.05) is 55.1 Å². The van der Waals surface area contributed by atoms with Crippen LogP contribution in [-0.4, -0.2) is 28.5 Å². The molecule has 1 heterocycles. The van der Waals surface area contributed by atoms with Gasteiger partial charge in [0.05, 0.1) is 5.25 Å². The molecule has 2 aromatic rings. The summed E-state index contributed by atoms with van der Waals surface area (Å²) in [4.78, 5) is 26.7. The number of nitrogens with zero attached hydrogens (tertiary/aromatic N) is 1. The number of thioether (sulfide) groups is 1. The van der Waals surface area contributed by atoms with Crippen LogP contribution in [0.15, 0.2) is 48.5 Å². The monoisotopic (exact) mass is 368 g/mol. The molecule has 1 fully saturated rings. The quantitative estimate of drug-likeness (QED) is 0.856. The number of hydrogen-bond donors (Lipinski definition) is 1. The van der Waals surface area contributed by atoms with Crippen LogP contribution in [0.4, 0.5) is 5.69 Å². The predicted octanol–water partition coefficient (Wildman–Crippen LogP) is 4.29. The highest BCUT2D eigenvalue weighted by molar-refractivity contribution is 8.01. The first-order chi connectivity index (χ1) is 12.5. The Morgan fingerprint density at radius 2 is 1.81 bits per heavy atom. The lowest BCUT2D eigenvalue weighted by molar-refractivity contribution is -0.130. The van der Waals surface area contributed by atoms with Crippen molar-refractivity contribution in [1.82, 2.24) is 4.90 Å². The summed E-state index contributed by atoms with van der Waals surface area (Å²) in [5, 5.41) is 2.80. The molecule has 1 saturated heterocycles. The lowest BCUT2D eigenvalue weighted by Gasteiger charge is -2.25. The highest BCUT2D eigenvalue weighted by Crippen LogP contribution is 2.43. The molecule has 0 radical (unpaired) electrons. The molecule has 0 aliphatic carbocycles. The fourth-order valence-electron chi connectivity index (χ4n) is 3.09. The van der Waals surface area contributed by atoms with Crippen molar-refractivity contribution in [1.29, 1.82) is 0 Å². The SMILES string of the molecule is Cc1ccc(NC(=O)CCN2C(=O)[C@@H](C)S[C@@H]2c2ccccc2C)cc1. The van der Waals surface area contributed by atoms with Crippen LogP contribution < -0.4 is 5.32 Å². The van der Waals surface area contributed by atoms with E-state index in [1.54, 1.807) is 11.8 Å². The van der Waals surface area contributed by atoms with E-state index in [4.69, 9.17) is 0 Å². The molecular formula is C21H24N2O2S. The molecule has 0 spiro atoms. The first-order valence-electron chi connectivity index (χ1n) is 8.83. The summed E-state index contributed by atoms with van der Waals surface area (Å²) in [7, 11) is 0. The summed E-state index contributed by atoms with van der Waals surface area (Å²) >= 11 is 1.65. The molecule has 1 N–H and O–H groups in total. The van der Waals surface area contributed by atoms with Crippen molar-refractivity contribution in [2.24, 2.45) is 0 Å². The Balaban J connectivity index is 1.66. The minimum absolute atomic E-state index is 0.0223. The molecule has 0 saturated carbocycles. The molecule has 1 aliphatic heterocycles. The van der Waals surface area contributed by atoms with Crippen LogP contribution in [0.1, 0.15) is 35.4 Å². The summed E-state index contributed by atoms with van der Waals surface area (Å²) in [5.74, 6) is 0.0288. The average molecular weight is 369 g/mol. The molecule has 5 heteroatoms. The lowest BCUT2D eigenvalue weighted by atomic mass is 10.1. The standard InChI is InChI=1S/C21H24N2O2S/c1-14-8-10-17(11-9-14)22-19(24)12-13-23-20(25)16(3)26-21(23)18-7-5-4-6-15(18)2/h4-11,16,21H,12-13H2,1-3H3,(H,22,24)/t16-,21-/m1/s1. The fourth-order valence-corrected chi connectivity index (χ4v) is 4.49. The second kappa shape index (κ2) is 7.96. The topological polar surface area (TPSA) is 49.4 Å². The number of amides is 2. The Kier molecular flexibility index (Phi) is 5.67. The zero-order valence-electron chi connectivity index (χ0n) is 15.4. The Morgan fingerprint density at radius 1 is 1.12 bits per heavy atom. The van der Waals surface area contributed by atoms with Gasteiger partial charge in [-0.05, 0) is 44.0 Å². The third kappa shape index (κ3) is 4.10. The molecule has 0 bridgehead atoms. The molecule has 136 valence electrons. The highest BCUT2D eigenvalue weighted by atomic mass is 32.2. The van der Waals surface area contributed by atoms with Gasteiger partial charge in [-0.25, -0.2) is 0 Å². The van der Waals surface area contributed by atoms with E-state index in [2.05, 4.69) is 24.4 Å². The zero-order valence-corrected chi connectivity index (χ0v) is 16.2. The molecule has 1 aliphatic rings. The van der Waals surface area contributed by atoms with Gasteiger partial charge in [0.15, 0.2) is 0 Å². The molecule has 0 unspecified atom stereocenters. The van der Waals surface area contributed by atoms with Gasteiger partial charge in [0, 0.05) is 18.7 Å². The van der Waals surface area contributed by atoms with Crippen LogP contribution in [0.3, 0.4) is 0 Å². The first-order valence-corrected chi connectivity index (χ1v) is 9.78. The van der Waals surface area contributed by atoms with Crippen molar-refractivity contribution in [2.75, 3.05) is 11.9 Å². The van der Waals surface area contributed by atoms with E-state index in [1.165, 1.54) is 5.56 Å². The van der Waals surface area contributed by atoms with Gasteiger partial charge in [-0.15, -0.1) is 11.8 Å². The largest absolute Gasteiger partial charge is 0.326 e. The van der Waals surface area contributed by atoms with Crippen LogP contribution >= 0.6 is 11.8 Å². The number of aryl methyl sites for hydroxylation is 2. The number of carbonyl (C=O) groups excluding carboxylic acids is 2. The maximum Gasteiger partial charge on any atom is 0.236 e. The molecule has 2 atom stereocenters. The third-order valence-electron chi connectivity index (χ3n) is 4.62. The Morgan fingerprint density at radius 3 is 2.50 bits per heavy atom. The van der Waals surface area contributed by atoms with Gasteiger partial charge in [-0.2, -0.15) is 0 Å². The van der Waals surface area contributed by atoms with Crippen molar-refractivity contribution in [3.8, 4) is 0 Å². The normalized spacial score (nSPS) is 19.7. The summed E-state index contributed by atoms with van der Waals surface area (Å²) in [6.07, 6.45) is 0.287. The summed E-state index contributed by atoms with van der Waals surface area (Å²) in [6.45, 7) is 6.43. The summed E-state index contributed by atoms with van der Waals surface area (Å²) in [5.41, 5.74) is 4.25. The van der Waals surface area contributed by atoms with Crippen molar-refractivity contribution >= 4 is 29.3 Å². The van der Waals surface area contributed by atoms with Crippen molar-refractivity contribution < 1.29 is 9.59 Å². The Hall–Kier alpha value is -2.27. The predicted molar refractivity (Wildman–Crippen MR) is 107 cm³/mol. The highest BCUT2D eigenvalue weighted by Gasteiger charge is 2.38. The smallest absolute Gasteiger partial charge is 0.236 e.